The van der Waals surface area contributed by atoms with Gasteiger partial charge < -0.3 is 9.64 Å². The van der Waals surface area contributed by atoms with E-state index in [9.17, 15) is 4.79 Å². The minimum Gasteiger partial charge on any atom is -0.377 e. The lowest BCUT2D eigenvalue weighted by molar-refractivity contribution is -0.143. The third-order valence-corrected chi connectivity index (χ3v) is 6.25. The molecule has 2 aliphatic rings. The summed E-state index contributed by atoms with van der Waals surface area (Å²) >= 11 is 7.89. The van der Waals surface area contributed by atoms with Crippen molar-refractivity contribution in [2.75, 3.05) is 19.8 Å². The molecule has 2 aromatic heterocycles. The molecule has 2 atom stereocenters. The summed E-state index contributed by atoms with van der Waals surface area (Å²) < 4.78 is 5.44. The number of ether oxygens (including phenoxy) is 1. The number of rotatable bonds is 1. The van der Waals surface area contributed by atoms with Gasteiger partial charge in [0.2, 0.25) is 5.91 Å². The molecule has 3 heterocycles. The van der Waals surface area contributed by atoms with Crippen molar-refractivity contribution in [1.29, 1.82) is 0 Å². The summed E-state index contributed by atoms with van der Waals surface area (Å²) in [4.78, 5) is 25.5. The monoisotopic (exact) mass is 351 g/mol. The summed E-state index contributed by atoms with van der Waals surface area (Å²) in [5, 5.41) is 1.51. The van der Waals surface area contributed by atoms with Crippen LogP contribution >= 0.6 is 22.9 Å². The lowest BCUT2D eigenvalue weighted by atomic mass is 9.86. The minimum absolute atomic E-state index is 0.0582. The van der Waals surface area contributed by atoms with E-state index in [1.165, 1.54) is 16.8 Å². The molecule has 0 spiro atoms. The van der Waals surface area contributed by atoms with Crippen LogP contribution in [0.2, 0.25) is 5.15 Å². The molecule has 122 valence electrons. The maximum absolute atomic E-state index is 12.9. The molecule has 2 unspecified atom stereocenters. The molecule has 0 radical (unpaired) electrons. The highest BCUT2D eigenvalue weighted by molar-refractivity contribution is 7.19. The number of hydrogen-bond acceptors (Lipinski definition) is 5. The second-order valence-electron chi connectivity index (χ2n) is 6.24. The average molecular weight is 352 g/mol. The molecule has 2 aromatic rings. The molecular formula is C16H18ClN3O2S. The first-order chi connectivity index (χ1) is 11.1. The Balaban J connectivity index is 1.60. The second kappa shape index (κ2) is 6.00. The zero-order chi connectivity index (χ0) is 16.0. The number of carbonyl (C=O) groups is 1. The molecule has 0 N–H and O–H groups in total. The highest BCUT2D eigenvalue weighted by Gasteiger charge is 2.33. The highest BCUT2D eigenvalue weighted by atomic mass is 35.5. The van der Waals surface area contributed by atoms with Crippen molar-refractivity contribution in [2.45, 2.75) is 32.2 Å². The van der Waals surface area contributed by atoms with Gasteiger partial charge in [-0.3, -0.25) is 4.79 Å². The van der Waals surface area contributed by atoms with Crippen molar-refractivity contribution in [3.05, 3.63) is 21.9 Å². The van der Waals surface area contributed by atoms with Gasteiger partial charge in [0.25, 0.3) is 0 Å². The van der Waals surface area contributed by atoms with E-state index in [0.717, 1.165) is 29.5 Å². The van der Waals surface area contributed by atoms with Crippen LogP contribution in [0.25, 0.3) is 10.2 Å². The third-order valence-electron chi connectivity index (χ3n) is 4.80. The topological polar surface area (TPSA) is 55.3 Å². The quantitative estimate of drug-likeness (QED) is 0.741. The molecule has 0 bridgehead atoms. The number of thiophene rings is 1. The van der Waals surface area contributed by atoms with Crippen molar-refractivity contribution in [3.63, 3.8) is 0 Å². The smallest absolute Gasteiger partial charge is 0.226 e. The van der Waals surface area contributed by atoms with E-state index in [1.807, 2.05) is 4.90 Å². The van der Waals surface area contributed by atoms with Crippen LogP contribution in [0.4, 0.5) is 0 Å². The van der Waals surface area contributed by atoms with Crippen LogP contribution in [0.3, 0.4) is 0 Å². The lowest BCUT2D eigenvalue weighted by Crippen LogP contribution is -2.50. The maximum atomic E-state index is 12.9. The van der Waals surface area contributed by atoms with E-state index < -0.39 is 0 Å². The SMILES string of the molecule is CC1COCCN1C(=O)C1CCc2c(sc3ncnc(Cl)c23)C1. The highest BCUT2D eigenvalue weighted by Crippen LogP contribution is 2.40. The zero-order valence-corrected chi connectivity index (χ0v) is 14.5. The number of aromatic nitrogens is 2. The van der Waals surface area contributed by atoms with E-state index in [4.69, 9.17) is 16.3 Å². The first-order valence-electron chi connectivity index (χ1n) is 7.94. The number of aryl methyl sites for hydroxylation is 1. The van der Waals surface area contributed by atoms with E-state index in [2.05, 4.69) is 16.9 Å². The molecule has 5 nitrogen and oxygen atoms in total. The normalized spacial score (nSPS) is 24.7. The molecule has 1 amide bonds. The van der Waals surface area contributed by atoms with Crippen LogP contribution in [0.15, 0.2) is 6.33 Å². The van der Waals surface area contributed by atoms with Crippen LogP contribution in [0.1, 0.15) is 23.8 Å². The molecule has 23 heavy (non-hydrogen) atoms. The van der Waals surface area contributed by atoms with Gasteiger partial charge in [-0.05, 0) is 31.7 Å². The Hall–Kier alpha value is -1.24. The predicted octanol–water partition coefficient (Wildman–Crippen LogP) is 2.70. The first-order valence-corrected chi connectivity index (χ1v) is 9.13. The predicted molar refractivity (Wildman–Crippen MR) is 89.9 cm³/mol. The van der Waals surface area contributed by atoms with Gasteiger partial charge in [0, 0.05) is 17.3 Å². The number of nitrogens with zero attached hydrogens (tertiary/aromatic N) is 3. The van der Waals surface area contributed by atoms with Gasteiger partial charge in [-0.1, -0.05) is 11.6 Å². The van der Waals surface area contributed by atoms with E-state index >= 15 is 0 Å². The summed E-state index contributed by atoms with van der Waals surface area (Å²) in [6, 6.07) is 0.167. The number of amides is 1. The number of morpholine rings is 1. The van der Waals surface area contributed by atoms with Crippen LogP contribution in [0.5, 0.6) is 0 Å². The summed E-state index contributed by atoms with van der Waals surface area (Å²) in [7, 11) is 0. The van der Waals surface area contributed by atoms with Crippen molar-refractivity contribution in [3.8, 4) is 0 Å². The van der Waals surface area contributed by atoms with Crippen molar-refractivity contribution < 1.29 is 9.53 Å². The molecule has 1 fully saturated rings. The van der Waals surface area contributed by atoms with Gasteiger partial charge in [0.05, 0.1) is 24.6 Å². The molecule has 1 aliphatic heterocycles. The van der Waals surface area contributed by atoms with E-state index in [1.54, 1.807) is 11.3 Å². The Labute approximate surface area is 143 Å². The Kier molecular flexibility index (Phi) is 3.99. The lowest BCUT2D eigenvalue weighted by Gasteiger charge is -2.36. The molecule has 0 saturated carbocycles. The Morgan fingerprint density at radius 1 is 1.48 bits per heavy atom. The number of hydrogen-bond donors (Lipinski definition) is 0. The summed E-state index contributed by atoms with van der Waals surface area (Å²) in [5.74, 6) is 0.323. The van der Waals surface area contributed by atoms with Crippen molar-refractivity contribution in [1.82, 2.24) is 14.9 Å². The van der Waals surface area contributed by atoms with Gasteiger partial charge in [-0.2, -0.15) is 0 Å². The van der Waals surface area contributed by atoms with E-state index in [0.29, 0.717) is 24.9 Å². The fraction of sp³-hybridized carbons (Fsp3) is 0.562. The second-order valence-corrected chi connectivity index (χ2v) is 7.69. The van der Waals surface area contributed by atoms with Gasteiger partial charge >= 0.3 is 0 Å². The van der Waals surface area contributed by atoms with Crippen LogP contribution in [0, 0.1) is 5.92 Å². The number of fused-ring (bicyclic) bond motifs is 3. The third kappa shape index (κ3) is 2.62. The summed E-state index contributed by atoms with van der Waals surface area (Å²) in [6.07, 6.45) is 4.03. The molecule has 7 heteroatoms. The van der Waals surface area contributed by atoms with Crippen molar-refractivity contribution in [2.24, 2.45) is 5.92 Å². The fourth-order valence-electron chi connectivity index (χ4n) is 3.57. The average Bonchev–Trinajstić information content (AvgIpc) is 2.93. The summed E-state index contributed by atoms with van der Waals surface area (Å²) in [5.41, 5.74) is 1.25. The largest absolute Gasteiger partial charge is 0.377 e. The van der Waals surface area contributed by atoms with Crippen molar-refractivity contribution >= 4 is 39.1 Å². The molecule has 0 aromatic carbocycles. The van der Waals surface area contributed by atoms with Gasteiger partial charge in [0.15, 0.2) is 0 Å². The first kappa shape index (κ1) is 15.3. The van der Waals surface area contributed by atoms with Gasteiger partial charge in [-0.15, -0.1) is 11.3 Å². The maximum Gasteiger partial charge on any atom is 0.226 e. The Bertz CT molecular complexity index is 763. The fourth-order valence-corrected chi connectivity index (χ4v) is 5.14. The van der Waals surface area contributed by atoms with Gasteiger partial charge in [-0.25, -0.2) is 9.97 Å². The minimum atomic E-state index is 0.0582. The molecule has 1 saturated heterocycles. The zero-order valence-electron chi connectivity index (χ0n) is 12.9. The molecule has 4 rings (SSSR count). The number of halogens is 1. The van der Waals surface area contributed by atoms with Gasteiger partial charge in [0.1, 0.15) is 16.3 Å². The Morgan fingerprint density at radius 3 is 3.17 bits per heavy atom. The summed E-state index contributed by atoms with van der Waals surface area (Å²) in [6.45, 7) is 4.03. The molecule has 1 aliphatic carbocycles. The van der Waals surface area contributed by atoms with Crippen LogP contribution in [-0.4, -0.2) is 46.6 Å². The van der Waals surface area contributed by atoms with Crippen LogP contribution in [-0.2, 0) is 22.4 Å². The van der Waals surface area contributed by atoms with E-state index in [-0.39, 0.29) is 17.9 Å². The Morgan fingerprint density at radius 2 is 2.35 bits per heavy atom. The molecular weight excluding hydrogens is 334 g/mol. The number of carbonyl (C=O) groups excluding carboxylic acids is 1. The standard InChI is InChI=1S/C16H18ClN3O2S/c1-9-7-22-5-4-20(9)16(21)10-2-3-11-12(6-10)23-15-13(11)14(17)18-8-19-15/h8-10H,2-7H2,1H3. The van der Waals surface area contributed by atoms with Crippen LogP contribution < -0.4 is 0 Å².